The molecule has 0 radical (unpaired) electrons. The van der Waals surface area contributed by atoms with E-state index in [1.807, 2.05) is 19.1 Å². The van der Waals surface area contributed by atoms with Crippen LogP contribution >= 0.6 is 11.8 Å². The lowest BCUT2D eigenvalue weighted by atomic mass is 10.2. The van der Waals surface area contributed by atoms with Crippen LogP contribution in [0.25, 0.3) is 11.4 Å². The van der Waals surface area contributed by atoms with Crippen molar-refractivity contribution in [2.45, 2.75) is 36.2 Å². The van der Waals surface area contributed by atoms with Gasteiger partial charge < -0.3 is 4.90 Å². The molecule has 0 aromatic carbocycles. The Balaban J connectivity index is 1.90. The summed E-state index contributed by atoms with van der Waals surface area (Å²) in [4.78, 5) is 17.7. The minimum atomic E-state index is -0.179. The Morgan fingerprint density at radius 2 is 2.00 bits per heavy atom. The summed E-state index contributed by atoms with van der Waals surface area (Å²) >= 11 is 1.47. The second kappa shape index (κ2) is 6.08. The van der Waals surface area contributed by atoms with Crippen LogP contribution < -0.4 is 0 Å². The minimum Gasteiger partial charge on any atom is -0.348 e. The zero-order chi connectivity index (χ0) is 15.7. The van der Waals surface area contributed by atoms with Crippen molar-refractivity contribution in [2.75, 3.05) is 14.1 Å². The lowest BCUT2D eigenvalue weighted by Gasteiger charge is -2.16. The van der Waals surface area contributed by atoms with Gasteiger partial charge in [-0.15, -0.1) is 10.2 Å². The van der Waals surface area contributed by atoms with Crippen molar-refractivity contribution in [1.29, 1.82) is 0 Å². The second-order valence-corrected chi connectivity index (χ2v) is 6.94. The van der Waals surface area contributed by atoms with Crippen molar-refractivity contribution < 1.29 is 4.79 Å². The highest BCUT2D eigenvalue weighted by molar-refractivity contribution is 8.00. The quantitative estimate of drug-likeness (QED) is 0.791. The van der Waals surface area contributed by atoms with E-state index in [4.69, 9.17) is 0 Å². The summed E-state index contributed by atoms with van der Waals surface area (Å²) in [5.41, 5.74) is 1.01. The molecule has 0 unspecified atom stereocenters. The van der Waals surface area contributed by atoms with Crippen molar-refractivity contribution in [3.05, 3.63) is 24.5 Å². The fraction of sp³-hybridized carbons (Fsp3) is 0.467. The molecule has 3 rings (SSSR count). The third-order valence-electron chi connectivity index (χ3n) is 3.59. The van der Waals surface area contributed by atoms with Crippen LogP contribution in [0.5, 0.6) is 0 Å². The number of carbonyl (C=O) groups excluding carboxylic acids is 1. The summed E-state index contributed by atoms with van der Waals surface area (Å²) in [5.74, 6) is 0.942. The first-order valence-corrected chi connectivity index (χ1v) is 8.19. The molecule has 2 aromatic heterocycles. The Labute approximate surface area is 133 Å². The highest BCUT2D eigenvalue weighted by Gasteiger charge is 2.31. The Morgan fingerprint density at radius 3 is 2.59 bits per heavy atom. The van der Waals surface area contributed by atoms with Crippen LogP contribution in [0.4, 0.5) is 0 Å². The van der Waals surface area contributed by atoms with Gasteiger partial charge in [0.1, 0.15) is 0 Å². The molecule has 22 heavy (non-hydrogen) atoms. The Kier molecular flexibility index (Phi) is 4.15. The van der Waals surface area contributed by atoms with Gasteiger partial charge in [-0.3, -0.25) is 14.3 Å². The standard InChI is InChI=1S/C15H19N5OS/c1-10(14(21)19(2)3)22-15-18-17-13(20(15)12-4-5-12)11-6-8-16-9-7-11/h6-10,12H,4-5H2,1-3H3/t10-/m1/s1. The average molecular weight is 317 g/mol. The Morgan fingerprint density at radius 1 is 1.32 bits per heavy atom. The third kappa shape index (κ3) is 2.99. The van der Waals surface area contributed by atoms with Crippen LogP contribution in [0.2, 0.25) is 0 Å². The first kappa shape index (κ1) is 15.0. The van der Waals surface area contributed by atoms with Gasteiger partial charge in [0.05, 0.1) is 5.25 Å². The summed E-state index contributed by atoms with van der Waals surface area (Å²) in [6, 6.07) is 4.32. The van der Waals surface area contributed by atoms with Gasteiger partial charge in [-0.1, -0.05) is 11.8 Å². The molecular formula is C15H19N5OS. The highest BCUT2D eigenvalue weighted by Crippen LogP contribution is 2.41. The summed E-state index contributed by atoms with van der Waals surface area (Å²) in [6.07, 6.45) is 5.79. The van der Waals surface area contributed by atoms with E-state index < -0.39 is 0 Å². The molecule has 1 saturated carbocycles. The van der Waals surface area contributed by atoms with Crippen molar-refractivity contribution >= 4 is 17.7 Å². The van der Waals surface area contributed by atoms with Crippen LogP contribution in [0.15, 0.2) is 29.7 Å². The first-order chi connectivity index (χ1) is 10.6. The molecule has 7 heteroatoms. The van der Waals surface area contributed by atoms with Crippen LogP contribution in [-0.2, 0) is 4.79 Å². The van der Waals surface area contributed by atoms with Gasteiger partial charge in [-0.05, 0) is 31.9 Å². The average Bonchev–Trinajstić information content (AvgIpc) is 3.28. The largest absolute Gasteiger partial charge is 0.348 e. The predicted octanol–water partition coefficient (Wildman–Crippen LogP) is 2.24. The molecule has 1 amide bonds. The molecule has 0 bridgehead atoms. The molecule has 2 aromatic rings. The van der Waals surface area contributed by atoms with Crippen molar-refractivity contribution in [3.8, 4) is 11.4 Å². The topological polar surface area (TPSA) is 63.9 Å². The van der Waals surface area contributed by atoms with Gasteiger partial charge in [0.15, 0.2) is 11.0 Å². The molecule has 0 aliphatic heterocycles. The van der Waals surface area contributed by atoms with Gasteiger partial charge in [0, 0.05) is 38.1 Å². The van der Waals surface area contributed by atoms with E-state index in [1.165, 1.54) is 11.8 Å². The van der Waals surface area contributed by atoms with E-state index in [2.05, 4.69) is 19.7 Å². The number of aromatic nitrogens is 4. The normalized spacial score (nSPS) is 15.6. The molecule has 0 saturated heterocycles. The van der Waals surface area contributed by atoms with E-state index in [0.717, 1.165) is 29.4 Å². The van der Waals surface area contributed by atoms with E-state index in [9.17, 15) is 4.79 Å². The zero-order valence-electron chi connectivity index (χ0n) is 12.9. The number of carbonyl (C=O) groups is 1. The van der Waals surface area contributed by atoms with Crippen LogP contribution in [0.3, 0.4) is 0 Å². The van der Waals surface area contributed by atoms with E-state index in [0.29, 0.717) is 6.04 Å². The summed E-state index contributed by atoms with van der Waals surface area (Å²) < 4.78 is 2.17. The number of hydrogen-bond acceptors (Lipinski definition) is 5. The molecule has 6 nitrogen and oxygen atoms in total. The first-order valence-electron chi connectivity index (χ1n) is 7.31. The Bertz CT molecular complexity index is 666. The van der Waals surface area contributed by atoms with Crippen LogP contribution in [0, 0.1) is 0 Å². The number of rotatable bonds is 5. The fourth-order valence-electron chi connectivity index (χ4n) is 2.29. The smallest absolute Gasteiger partial charge is 0.235 e. The minimum absolute atomic E-state index is 0.0841. The Hall–Kier alpha value is -1.89. The van der Waals surface area contributed by atoms with E-state index in [-0.39, 0.29) is 11.2 Å². The highest BCUT2D eigenvalue weighted by atomic mass is 32.2. The van der Waals surface area contributed by atoms with Gasteiger partial charge in [0.2, 0.25) is 5.91 Å². The molecule has 0 spiro atoms. The van der Waals surface area contributed by atoms with Gasteiger partial charge >= 0.3 is 0 Å². The summed E-state index contributed by atoms with van der Waals surface area (Å²) in [6.45, 7) is 1.91. The molecule has 1 atom stereocenters. The molecule has 116 valence electrons. The molecule has 1 aliphatic rings. The number of amides is 1. The monoisotopic (exact) mass is 317 g/mol. The van der Waals surface area contributed by atoms with Crippen LogP contribution in [-0.4, -0.2) is 49.9 Å². The maximum Gasteiger partial charge on any atom is 0.235 e. The molecule has 0 N–H and O–H groups in total. The van der Waals surface area contributed by atoms with E-state index >= 15 is 0 Å². The van der Waals surface area contributed by atoms with Gasteiger partial charge in [-0.2, -0.15) is 0 Å². The van der Waals surface area contributed by atoms with Gasteiger partial charge in [0.25, 0.3) is 0 Å². The lowest BCUT2D eigenvalue weighted by molar-refractivity contribution is -0.127. The van der Waals surface area contributed by atoms with Crippen molar-refractivity contribution in [3.63, 3.8) is 0 Å². The number of nitrogens with zero attached hydrogens (tertiary/aromatic N) is 5. The van der Waals surface area contributed by atoms with E-state index in [1.54, 1.807) is 31.4 Å². The lowest BCUT2D eigenvalue weighted by Crippen LogP contribution is -2.29. The predicted molar refractivity (Wildman–Crippen MR) is 85.5 cm³/mol. The van der Waals surface area contributed by atoms with Crippen LogP contribution in [0.1, 0.15) is 25.8 Å². The number of hydrogen-bond donors (Lipinski definition) is 0. The molecule has 1 aliphatic carbocycles. The molecule has 2 heterocycles. The maximum absolute atomic E-state index is 12.1. The second-order valence-electron chi connectivity index (χ2n) is 5.64. The van der Waals surface area contributed by atoms with Crippen molar-refractivity contribution in [2.24, 2.45) is 0 Å². The van der Waals surface area contributed by atoms with Crippen molar-refractivity contribution in [1.82, 2.24) is 24.6 Å². The zero-order valence-corrected chi connectivity index (χ0v) is 13.7. The molecule has 1 fully saturated rings. The fourth-order valence-corrected chi connectivity index (χ4v) is 3.35. The number of pyridine rings is 1. The third-order valence-corrected chi connectivity index (χ3v) is 4.63. The molecular weight excluding hydrogens is 298 g/mol. The maximum atomic E-state index is 12.1. The summed E-state index contributed by atoms with van der Waals surface area (Å²) in [5, 5.41) is 9.30. The SMILES string of the molecule is C[C@@H](Sc1nnc(-c2ccncc2)n1C1CC1)C(=O)N(C)C. The summed E-state index contributed by atoms with van der Waals surface area (Å²) in [7, 11) is 3.54. The number of thioether (sulfide) groups is 1. The van der Waals surface area contributed by atoms with Gasteiger partial charge in [-0.25, -0.2) is 0 Å².